The molecule has 0 aliphatic carbocycles. The molecule has 4 heterocycles. The van der Waals surface area contributed by atoms with Crippen molar-refractivity contribution in [3.8, 4) is 5.75 Å². The number of carbonyl (C=O) groups excluding carboxylic acids is 2. The highest BCUT2D eigenvalue weighted by atomic mass is 16.5. The molecule has 2 aromatic rings. The number of aromatic nitrogens is 1. The zero-order valence-electron chi connectivity index (χ0n) is 15.1. The van der Waals surface area contributed by atoms with Gasteiger partial charge in [-0.05, 0) is 25.1 Å². The number of furan rings is 1. The summed E-state index contributed by atoms with van der Waals surface area (Å²) in [5.41, 5.74) is 1.38. The summed E-state index contributed by atoms with van der Waals surface area (Å²) in [7, 11) is 0. The van der Waals surface area contributed by atoms with Crippen molar-refractivity contribution < 1.29 is 23.8 Å². The molecule has 9 nitrogen and oxygen atoms in total. The number of fused-ring (bicyclic) bond motifs is 1. The summed E-state index contributed by atoms with van der Waals surface area (Å²) in [6.45, 7) is 2.68. The van der Waals surface area contributed by atoms with E-state index in [1.54, 1.807) is 36.4 Å². The minimum Gasteiger partial charge on any atom is -0.504 e. The summed E-state index contributed by atoms with van der Waals surface area (Å²) in [6, 6.07) is 3.63. The molecular formula is C19H18N4O5. The topological polar surface area (TPSA) is 117 Å². The van der Waals surface area contributed by atoms with Crippen LogP contribution in [0.5, 0.6) is 5.75 Å². The summed E-state index contributed by atoms with van der Waals surface area (Å²) in [5.74, 6) is -0.478. The number of aliphatic imine (C=N–C) groups is 1. The molecule has 0 saturated carbocycles. The molecule has 2 N–H and O–H groups in total. The molecule has 1 saturated heterocycles. The molecule has 0 aromatic carbocycles. The summed E-state index contributed by atoms with van der Waals surface area (Å²) < 4.78 is 10.9. The first-order chi connectivity index (χ1) is 13.6. The molecule has 2 aromatic heterocycles. The van der Waals surface area contributed by atoms with E-state index in [0.717, 1.165) is 5.56 Å². The van der Waals surface area contributed by atoms with Crippen molar-refractivity contribution in [2.75, 3.05) is 31.1 Å². The number of pyridine rings is 1. The second-order valence-electron chi connectivity index (χ2n) is 6.22. The van der Waals surface area contributed by atoms with Gasteiger partial charge in [0.1, 0.15) is 0 Å². The largest absolute Gasteiger partial charge is 0.504 e. The molecule has 0 spiro atoms. The minimum atomic E-state index is -0.712. The number of nitrogens with one attached hydrogen (secondary N) is 1. The number of amides is 1. The van der Waals surface area contributed by atoms with Crippen molar-refractivity contribution in [3.05, 3.63) is 35.2 Å². The molecule has 2 aliphatic heterocycles. The van der Waals surface area contributed by atoms with Gasteiger partial charge < -0.3 is 24.5 Å². The first-order valence-corrected chi connectivity index (χ1v) is 8.84. The first-order valence-electron chi connectivity index (χ1n) is 8.84. The van der Waals surface area contributed by atoms with E-state index >= 15 is 0 Å². The lowest BCUT2D eigenvalue weighted by Crippen LogP contribution is -2.48. The standard InChI is InChI=1S/C19H18N4O5/c1-2-27-19(26)15-16(25)13(28-18(15)23-7-6-20-14(24)10-23)8-11-9-22-17-12(11)4-3-5-21-17/h3-5,8-9,25H,2,6-7,10H2,1H3,(H,20,24). The predicted molar refractivity (Wildman–Crippen MR) is 102 cm³/mol. The zero-order valence-corrected chi connectivity index (χ0v) is 15.1. The van der Waals surface area contributed by atoms with Crippen LogP contribution in [-0.4, -0.2) is 54.4 Å². The molecule has 2 aliphatic rings. The van der Waals surface area contributed by atoms with Crippen LogP contribution in [0.3, 0.4) is 0 Å². The highest BCUT2D eigenvalue weighted by Gasteiger charge is 2.32. The Morgan fingerprint density at radius 1 is 1.50 bits per heavy atom. The van der Waals surface area contributed by atoms with Gasteiger partial charge in [0, 0.05) is 36.6 Å². The van der Waals surface area contributed by atoms with E-state index in [1.807, 2.05) is 6.07 Å². The Balaban J connectivity index is 1.78. The zero-order chi connectivity index (χ0) is 19.7. The number of ether oxygens (including phenoxy) is 1. The lowest BCUT2D eigenvalue weighted by Gasteiger charge is -2.26. The maximum Gasteiger partial charge on any atom is 0.347 e. The Bertz CT molecular complexity index is 1010. The number of nitrogens with zero attached hydrogens (tertiary/aromatic N) is 3. The molecule has 1 amide bonds. The molecule has 0 radical (unpaired) electrons. The number of aromatic hydroxyl groups is 1. The lowest BCUT2D eigenvalue weighted by atomic mass is 10.1. The van der Waals surface area contributed by atoms with Crippen LogP contribution in [0.25, 0.3) is 11.6 Å². The third kappa shape index (κ3) is 3.11. The first kappa shape index (κ1) is 17.8. The summed E-state index contributed by atoms with van der Waals surface area (Å²) >= 11 is 0. The second-order valence-corrected chi connectivity index (χ2v) is 6.22. The molecule has 4 rings (SSSR count). The van der Waals surface area contributed by atoms with Gasteiger partial charge in [0.05, 0.1) is 13.2 Å². The Morgan fingerprint density at radius 2 is 2.36 bits per heavy atom. The van der Waals surface area contributed by atoms with Gasteiger partial charge in [0.25, 0.3) is 0 Å². The van der Waals surface area contributed by atoms with Gasteiger partial charge in [-0.2, -0.15) is 0 Å². The minimum absolute atomic E-state index is 0.0174. The molecule has 144 valence electrons. The van der Waals surface area contributed by atoms with E-state index in [-0.39, 0.29) is 42.0 Å². The lowest BCUT2D eigenvalue weighted by molar-refractivity contribution is -0.120. The molecule has 1 fully saturated rings. The number of piperazine rings is 1. The number of hydrogen-bond donors (Lipinski definition) is 2. The van der Waals surface area contributed by atoms with Crippen LogP contribution in [0.2, 0.25) is 0 Å². The average molecular weight is 382 g/mol. The monoisotopic (exact) mass is 382 g/mol. The van der Waals surface area contributed by atoms with Gasteiger partial charge in [-0.15, -0.1) is 0 Å². The maximum atomic E-state index is 12.4. The number of rotatable bonds is 4. The van der Waals surface area contributed by atoms with Crippen LogP contribution in [0.4, 0.5) is 11.7 Å². The van der Waals surface area contributed by atoms with Crippen molar-refractivity contribution in [2.45, 2.75) is 6.92 Å². The number of carbonyl (C=O) groups is 2. The van der Waals surface area contributed by atoms with Crippen molar-refractivity contribution >= 4 is 41.4 Å². The van der Waals surface area contributed by atoms with E-state index in [2.05, 4.69) is 15.3 Å². The third-order valence-corrected chi connectivity index (χ3v) is 4.41. The quantitative estimate of drug-likeness (QED) is 0.774. The summed E-state index contributed by atoms with van der Waals surface area (Å²) in [4.78, 5) is 34.2. The Labute approximate surface area is 160 Å². The van der Waals surface area contributed by atoms with Crippen molar-refractivity contribution in [1.82, 2.24) is 10.3 Å². The molecule has 0 atom stereocenters. The number of allylic oxidation sites excluding steroid dienone is 1. The fourth-order valence-corrected chi connectivity index (χ4v) is 3.13. The van der Waals surface area contributed by atoms with Crippen molar-refractivity contribution in [2.24, 2.45) is 4.99 Å². The SMILES string of the molecule is CCOC(=O)c1c(N2CCNC(=O)C2)oc(C=C2C=Nc3ncccc32)c1O. The van der Waals surface area contributed by atoms with Crippen molar-refractivity contribution in [3.63, 3.8) is 0 Å². The van der Waals surface area contributed by atoms with Crippen molar-refractivity contribution in [1.29, 1.82) is 0 Å². The summed E-state index contributed by atoms with van der Waals surface area (Å²) in [5, 5.41) is 13.4. The molecule has 9 heteroatoms. The molecule has 0 unspecified atom stereocenters. The van der Waals surface area contributed by atoms with Gasteiger partial charge >= 0.3 is 5.97 Å². The van der Waals surface area contributed by atoms with E-state index in [9.17, 15) is 14.7 Å². The summed E-state index contributed by atoms with van der Waals surface area (Å²) in [6.07, 6.45) is 4.84. The normalized spacial score (nSPS) is 17.0. The van der Waals surface area contributed by atoms with E-state index in [1.165, 1.54) is 0 Å². The Kier molecular flexibility index (Phi) is 4.56. The highest BCUT2D eigenvalue weighted by molar-refractivity contribution is 6.21. The van der Waals surface area contributed by atoms with Crippen LogP contribution >= 0.6 is 0 Å². The van der Waals surface area contributed by atoms with Crippen LogP contribution in [0.15, 0.2) is 27.7 Å². The number of hydrogen-bond acceptors (Lipinski definition) is 8. The van der Waals surface area contributed by atoms with Gasteiger partial charge in [0.15, 0.2) is 22.9 Å². The molecule has 0 bridgehead atoms. The fourth-order valence-electron chi connectivity index (χ4n) is 3.13. The smallest absolute Gasteiger partial charge is 0.347 e. The highest BCUT2D eigenvalue weighted by Crippen LogP contribution is 2.39. The number of esters is 1. The third-order valence-electron chi connectivity index (χ3n) is 4.41. The predicted octanol–water partition coefficient (Wildman–Crippen LogP) is 1.75. The maximum absolute atomic E-state index is 12.4. The van der Waals surface area contributed by atoms with E-state index in [4.69, 9.17) is 9.15 Å². The van der Waals surface area contributed by atoms with Crippen LogP contribution < -0.4 is 10.2 Å². The van der Waals surface area contributed by atoms with E-state index in [0.29, 0.717) is 24.5 Å². The van der Waals surface area contributed by atoms with Crippen LogP contribution in [0.1, 0.15) is 28.6 Å². The van der Waals surface area contributed by atoms with Crippen LogP contribution in [0, 0.1) is 0 Å². The van der Waals surface area contributed by atoms with Gasteiger partial charge in [0.2, 0.25) is 11.8 Å². The average Bonchev–Trinajstić information content (AvgIpc) is 3.24. The van der Waals surface area contributed by atoms with Crippen LogP contribution in [-0.2, 0) is 9.53 Å². The Morgan fingerprint density at radius 3 is 3.14 bits per heavy atom. The molecular weight excluding hydrogens is 364 g/mol. The second kappa shape index (κ2) is 7.18. The van der Waals surface area contributed by atoms with Gasteiger partial charge in [-0.25, -0.2) is 14.8 Å². The van der Waals surface area contributed by atoms with Gasteiger partial charge in [-0.3, -0.25) is 4.79 Å². The Hall–Kier alpha value is -3.62. The molecule has 28 heavy (non-hydrogen) atoms. The fraction of sp³-hybridized carbons (Fsp3) is 0.263. The van der Waals surface area contributed by atoms with Gasteiger partial charge in [-0.1, -0.05) is 0 Å². The number of anilines is 1. The van der Waals surface area contributed by atoms with E-state index < -0.39 is 5.97 Å².